The van der Waals surface area contributed by atoms with E-state index < -0.39 is 0 Å². The highest BCUT2D eigenvalue weighted by Crippen LogP contribution is 2.31. The van der Waals surface area contributed by atoms with Gasteiger partial charge < -0.3 is 14.5 Å². The van der Waals surface area contributed by atoms with Gasteiger partial charge in [-0.25, -0.2) is 4.98 Å². The molecule has 0 spiro atoms. The van der Waals surface area contributed by atoms with Crippen LogP contribution in [0.1, 0.15) is 29.5 Å². The highest BCUT2D eigenvalue weighted by atomic mass is 16.5. The zero-order chi connectivity index (χ0) is 17.3. The molecule has 3 rings (SSSR count). The van der Waals surface area contributed by atoms with Crippen molar-refractivity contribution < 1.29 is 9.15 Å². The Morgan fingerprint density at radius 2 is 2.08 bits per heavy atom. The third-order valence-electron chi connectivity index (χ3n) is 5.07. The number of methoxy groups -OCH3 is 1. The molecule has 1 aliphatic heterocycles. The molecule has 1 N–H and O–H groups in total. The van der Waals surface area contributed by atoms with Crippen molar-refractivity contribution in [1.29, 1.82) is 0 Å². The molecule has 0 radical (unpaired) electrons. The third kappa shape index (κ3) is 3.19. The standard InChI is InChI=1S/C19H27N3O2/c1-12-10-20-8-9-22(12)11-17-15(4)24-19(21-17)16-6-7-18(23-5)14(3)13(16)2/h6-7,12,20H,8-11H2,1-5H3/t12-/m0/s1. The first-order valence-electron chi connectivity index (χ1n) is 8.57. The van der Waals surface area contributed by atoms with Crippen LogP contribution < -0.4 is 10.1 Å². The van der Waals surface area contributed by atoms with Crippen LogP contribution in [0.2, 0.25) is 0 Å². The zero-order valence-corrected chi connectivity index (χ0v) is 15.3. The van der Waals surface area contributed by atoms with Crippen molar-refractivity contribution in [2.45, 2.75) is 40.3 Å². The number of ether oxygens (including phenoxy) is 1. The Bertz CT molecular complexity index is 724. The van der Waals surface area contributed by atoms with E-state index in [1.54, 1.807) is 7.11 Å². The number of piperazine rings is 1. The Kier molecular flexibility index (Phi) is 4.92. The molecule has 1 aliphatic rings. The molecule has 0 saturated carbocycles. The van der Waals surface area contributed by atoms with E-state index in [9.17, 15) is 0 Å². The van der Waals surface area contributed by atoms with Gasteiger partial charge in [0, 0.05) is 37.8 Å². The van der Waals surface area contributed by atoms with E-state index in [4.69, 9.17) is 14.1 Å². The quantitative estimate of drug-likeness (QED) is 0.934. The van der Waals surface area contributed by atoms with Gasteiger partial charge in [0.1, 0.15) is 11.5 Å². The van der Waals surface area contributed by atoms with Crippen molar-refractivity contribution in [1.82, 2.24) is 15.2 Å². The predicted molar refractivity (Wildman–Crippen MR) is 95.4 cm³/mol. The molecule has 1 aromatic heterocycles. The zero-order valence-electron chi connectivity index (χ0n) is 15.3. The Balaban J connectivity index is 1.87. The fourth-order valence-electron chi connectivity index (χ4n) is 3.25. The number of nitrogens with one attached hydrogen (secondary N) is 1. The van der Waals surface area contributed by atoms with Crippen LogP contribution in [0.25, 0.3) is 11.5 Å². The molecule has 1 aromatic carbocycles. The SMILES string of the molecule is COc1ccc(-c2nc(CN3CCNC[C@@H]3C)c(C)o2)c(C)c1C. The van der Waals surface area contributed by atoms with Crippen LogP contribution in [0.15, 0.2) is 16.5 Å². The maximum absolute atomic E-state index is 5.99. The fraction of sp³-hybridized carbons (Fsp3) is 0.526. The van der Waals surface area contributed by atoms with Gasteiger partial charge in [-0.1, -0.05) is 0 Å². The minimum atomic E-state index is 0.517. The molecule has 0 amide bonds. The fourth-order valence-corrected chi connectivity index (χ4v) is 3.25. The van der Waals surface area contributed by atoms with Crippen molar-refractivity contribution in [2.24, 2.45) is 0 Å². The molecule has 1 fully saturated rings. The summed E-state index contributed by atoms with van der Waals surface area (Å²) in [5.74, 6) is 2.51. The summed E-state index contributed by atoms with van der Waals surface area (Å²) in [5.41, 5.74) is 4.35. The molecular formula is C19H27N3O2. The molecule has 2 heterocycles. The van der Waals surface area contributed by atoms with Crippen molar-refractivity contribution in [2.75, 3.05) is 26.7 Å². The average Bonchev–Trinajstić information content (AvgIpc) is 2.93. The summed E-state index contributed by atoms with van der Waals surface area (Å²) in [5, 5.41) is 3.42. The lowest BCUT2D eigenvalue weighted by Gasteiger charge is -2.33. The predicted octanol–water partition coefficient (Wildman–Crippen LogP) is 3.07. The number of hydrogen-bond donors (Lipinski definition) is 1. The molecule has 0 aliphatic carbocycles. The summed E-state index contributed by atoms with van der Waals surface area (Å²) in [6.07, 6.45) is 0. The summed E-state index contributed by atoms with van der Waals surface area (Å²) in [6.45, 7) is 12.4. The highest BCUT2D eigenvalue weighted by molar-refractivity contribution is 5.63. The van der Waals surface area contributed by atoms with Gasteiger partial charge in [-0.3, -0.25) is 4.90 Å². The van der Waals surface area contributed by atoms with Crippen LogP contribution >= 0.6 is 0 Å². The summed E-state index contributed by atoms with van der Waals surface area (Å²) in [7, 11) is 1.70. The van der Waals surface area contributed by atoms with Crippen molar-refractivity contribution in [3.8, 4) is 17.2 Å². The van der Waals surface area contributed by atoms with E-state index >= 15 is 0 Å². The van der Waals surface area contributed by atoms with Crippen molar-refractivity contribution in [3.05, 3.63) is 34.7 Å². The van der Waals surface area contributed by atoms with E-state index in [0.717, 1.165) is 60.1 Å². The summed E-state index contributed by atoms with van der Waals surface area (Å²) < 4.78 is 11.4. The second kappa shape index (κ2) is 6.95. The topological polar surface area (TPSA) is 50.5 Å². The lowest BCUT2D eigenvalue weighted by molar-refractivity contribution is 0.163. The first-order chi connectivity index (χ1) is 11.5. The number of aromatic nitrogens is 1. The molecule has 5 heteroatoms. The number of benzene rings is 1. The molecule has 5 nitrogen and oxygen atoms in total. The Hall–Kier alpha value is -1.85. The first-order valence-corrected chi connectivity index (χ1v) is 8.57. The molecular weight excluding hydrogens is 302 g/mol. The summed E-state index contributed by atoms with van der Waals surface area (Å²) in [4.78, 5) is 7.25. The van der Waals surface area contributed by atoms with Gasteiger partial charge in [-0.2, -0.15) is 0 Å². The van der Waals surface area contributed by atoms with E-state index in [1.165, 1.54) is 0 Å². The van der Waals surface area contributed by atoms with Gasteiger partial charge in [0.15, 0.2) is 0 Å². The second-order valence-electron chi connectivity index (χ2n) is 6.61. The van der Waals surface area contributed by atoms with Gasteiger partial charge in [-0.05, 0) is 51.0 Å². The van der Waals surface area contributed by atoms with Crippen LogP contribution in [-0.4, -0.2) is 42.7 Å². The monoisotopic (exact) mass is 329 g/mol. The maximum Gasteiger partial charge on any atom is 0.226 e. The minimum Gasteiger partial charge on any atom is -0.496 e. The highest BCUT2D eigenvalue weighted by Gasteiger charge is 2.22. The van der Waals surface area contributed by atoms with Gasteiger partial charge in [-0.15, -0.1) is 0 Å². The van der Waals surface area contributed by atoms with Gasteiger partial charge in [0.2, 0.25) is 5.89 Å². The van der Waals surface area contributed by atoms with E-state index in [0.29, 0.717) is 11.9 Å². The van der Waals surface area contributed by atoms with E-state index in [-0.39, 0.29) is 0 Å². The Labute approximate surface area is 144 Å². The van der Waals surface area contributed by atoms with Gasteiger partial charge in [0.25, 0.3) is 0 Å². The normalized spacial score (nSPS) is 18.8. The smallest absolute Gasteiger partial charge is 0.226 e. The number of nitrogens with zero attached hydrogens (tertiary/aromatic N) is 2. The van der Waals surface area contributed by atoms with Crippen LogP contribution in [0.5, 0.6) is 5.75 Å². The molecule has 0 unspecified atom stereocenters. The average molecular weight is 329 g/mol. The Morgan fingerprint density at radius 1 is 1.29 bits per heavy atom. The van der Waals surface area contributed by atoms with Gasteiger partial charge >= 0.3 is 0 Å². The van der Waals surface area contributed by atoms with Gasteiger partial charge in [0.05, 0.1) is 12.8 Å². The molecule has 130 valence electrons. The van der Waals surface area contributed by atoms with Crippen LogP contribution in [0.4, 0.5) is 0 Å². The number of rotatable bonds is 4. The number of aryl methyl sites for hydroxylation is 1. The molecule has 1 saturated heterocycles. The number of hydrogen-bond acceptors (Lipinski definition) is 5. The van der Waals surface area contributed by atoms with Crippen LogP contribution in [0.3, 0.4) is 0 Å². The van der Waals surface area contributed by atoms with E-state index in [1.807, 2.05) is 19.1 Å². The lowest BCUT2D eigenvalue weighted by atomic mass is 10.0. The third-order valence-corrected chi connectivity index (χ3v) is 5.07. The van der Waals surface area contributed by atoms with Crippen molar-refractivity contribution >= 4 is 0 Å². The summed E-state index contributed by atoms with van der Waals surface area (Å²) >= 11 is 0. The summed E-state index contributed by atoms with van der Waals surface area (Å²) in [6, 6.07) is 4.53. The maximum atomic E-state index is 5.99. The molecule has 1 atom stereocenters. The van der Waals surface area contributed by atoms with Crippen molar-refractivity contribution in [3.63, 3.8) is 0 Å². The molecule has 0 bridgehead atoms. The number of oxazole rings is 1. The van der Waals surface area contributed by atoms with E-state index in [2.05, 4.69) is 31.0 Å². The second-order valence-corrected chi connectivity index (χ2v) is 6.61. The van der Waals surface area contributed by atoms with Crippen LogP contribution in [0, 0.1) is 20.8 Å². The molecule has 24 heavy (non-hydrogen) atoms. The minimum absolute atomic E-state index is 0.517. The first kappa shape index (κ1) is 17.0. The lowest BCUT2D eigenvalue weighted by Crippen LogP contribution is -2.49. The molecule has 2 aromatic rings. The largest absolute Gasteiger partial charge is 0.496 e. The Morgan fingerprint density at radius 3 is 2.79 bits per heavy atom. The van der Waals surface area contributed by atoms with Crippen LogP contribution in [-0.2, 0) is 6.54 Å².